The predicted molar refractivity (Wildman–Crippen MR) is 101 cm³/mol. The van der Waals surface area contributed by atoms with Crippen LogP contribution in [0.25, 0.3) is 0 Å². The molecule has 2 aliphatic heterocycles. The van der Waals surface area contributed by atoms with Crippen LogP contribution < -0.4 is 10.6 Å². The largest absolute Gasteiger partial charge is 0.354 e. The number of nitrogens with zero attached hydrogens (tertiary/aromatic N) is 2. The molecule has 2 fully saturated rings. The first-order valence-corrected chi connectivity index (χ1v) is 9.66. The Morgan fingerprint density at radius 1 is 0.963 bits per heavy atom. The lowest BCUT2D eigenvalue weighted by atomic mass is 10.1. The van der Waals surface area contributed by atoms with Crippen LogP contribution in [-0.2, 0) is 19.2 Å². The molecule has 2 atom stereocenters. The van der Waals surface area contributed by atoms with Crippen molar-refractivity contribution in [3.8, 4) is 0 Å². The van der Waals surface area contributed by atoms with Gasteiger partial charge in [-0.05, 0) is 34.6 Å². The molecule has 2 rings (SSSR count). The molecule has 152 valence electrons. The Kier molecular flexibility index (Phi) is 6.49. The van der Waals surface area contributed by atoms with Crippen LogP contribution in [0.3, 0.4) is 0 Å². The molecule has 2 unspecified atom stereocenters. The minimum atomic E-state index is -0.348. The number of hydrogen-bond donors (Lipinski definition) is 2. The van der Waals surface area contributed by atoms with Gasteiger partial charge in [0.2, 0.25) is 23.6 Å². The van der Waals surface area contributed by atoms with Crippen molar-refractivity contribution < 1.29 is 19.2 Å². The highest BCUT2D eigenvalue weighted by Crippen LogP contribution is 2.25. The van der Waals surface area contributed by atoms with E-state index in [0.717, 1.165) is 0 Å². The Bertz CT molecular complexity index is 611. The molecule has 0 aromatic carbocycles. The lowest BCUT2D eigenvalue weighted by Crippen LogP contribution is -2.44. The van der Waals surface area contributed by atoms with Crippen molar-refractivity contribution in [2.45, 2.75) is 59.0 Å². The molecule has 8 nitrogen and oxygen atoms in total. The van der Waals surface area contributed by atoms with E-state index in [1.165, 1.54) is 0 Å². The first-order valence-electron chi connectivity index (χ1n) is 9.66. The minimum absolute atomic E-state index is 0.00319. The maximum absolute atomic E-state index is 12.3. The predicted octanol–water partition coefficient (Wildman–Crippen LogP) is 0.123. The summed E-state index contributed by atoms with van der Waals surface area (Å²) in [5, 5.41) is 5.57. The minimum Gasteiger partial charge on any atom is -0.354 e. The van der Waals surface area contributed by atoms with Crippen LogP contribution in [0.4, 0.5) is 0 Å². The maximum Gasteiger partial charge on any atom is 0.225 e. The number of amides is 4. The van der Waals surface area contributed by atoms with Crippen LogP contribution in [0.15, 0.2) is 0 Å². The van der Waals surface area contributed by atoms with Gasteiger partial charge < -0.3 is 20.4 Å². The molecule has 2 aliphatic rings. The second-order valence-electron chi connectivity index (χ2n) is 8.70. The molecule has 8 heteroatoms. The molecule has 0 spiro atoms. The second kappa shape index (κ2) is 8.27. The standard InChI is InChI=1S/C19H32N4O4/c1-12(2)22-10-13(8-15(22)24)17(26)20-6-7-21-18(27)14-9-16(25)23(11-14)19(3,4)5/h12-14H,6-11H2,1-5H3,(H,20,26)(H,21,27). The van der Waals surface area contributed by atoms with E-state index in [2.05, 4.69) is 10.6 Å². The van der Waals surface area contributed by atoms with Crippen molar-refractivity contribution >= 4 is 23.6 Å². The van der Waals surface area contributed by atoms with Gasteiger partial charge in [-0.25, -0.2) is 0 Å². The average Bonchev–Trinajstić information content (AvgIpc) is 3.14. The van der Waals surface area contributed by atoms with E-state index in [9.17, 15) is 19.2 Å². The van der Waals surface area contributed by atoms with Gasteiger partial charge in [-0.3, -0.25) is 19.2 Å². The highest BCUT2D eigenvalue weighted by atomic mass is 16.2. The van der Waals surface area contributed by atoms with Crippen LogP contribution in [0, 0.1) is 11.8 Å². The SMILES string of the molecule is CC(C)N1CC(C(=O)NCCNC(=O)C2CC(=O)N(C(C)(C)C)C2)CC1=O. The number of rotatable bonds is 6. The van der Waals surface area contributed by atoms with Crippen molar-refractivity contribution in [3.05, 3.63) is 0 Å². The molecule has 27 heavy (non-hydrogen) atoms. The van der Waals surface area contributed by atoms with Crippen LogP contribution >= 0.6 is 0 Å². The molecular weight excluding hydrogens is 348 g/mol. The third-order valence-electron chi connectivity index (χ3n) is 5.18. The highest BCUT2D eigenvalue weighted by Gasteiger charge is 2.39. The van der Waals surface area contributed by atoms with Gasteiger partial charge in [-0.15, -0.1) is 0 Å². The summed E-state index contributed by atoms with van der Waals surface area (Å²) in [7, 11) is 0. The fraction of sp³-hybridized carbons (Fsp3) is 0.789. The van der Waals surface area contributed by atoms with E-state index < -0.39 is 0 Å². The van der Waals surface area contributed by atoms with E-state index >= 15 is 0 Å². The summed E-state index contributed by atoms with van der Waals surface area (Å²) in [5.74, 6) is -0.991. The van der Waals surface area contributed by atoms with Gasteiger partial charge in [0.25, 0.3) is 0 Å². The maximum atomic E-state index is 12.3. The summed E-state index contributed by atoms with van der Waals surface area (Å²) in [4.78, 5) is 51.9. The zero-order chi connectivity index (χ0) is 20.4. The van der Waals surface area contributed by atoms with Crippen molar-refractivity contribution in [1.29, 1.82) is 0 Å². The summed E-state index contributed by atoms with van der Waals surface area (Å²) >= 11 is 0. The van der Waals surface area contributed by atoms with Crippen molar-refractivity contribution in [1.82, 2.24) is 20.4 Å². The van der Waals surface area contributed by atoms with Gasteiger partial charge in [0, 0.05) is 50.6 Å². The van der Waals surface area contributed by atoms with Gasteiger partial charge in [-0.2, -0.15) is 0 Å². The molecule has 0 aromatic rings. The molecular formula is C19H32N4O4. The Hall–Kier alpha value is -2.12. The van der Waals surface area contributed by atoms with Crippen molar-refractivity contribution in [2.75, 3.05) is 26.2 Å². The van der Waals surface area contributed by atoms with Gasteiger partial charge in [0.05, 0.1) is 11.8 Å². The van der Waals surface area contributed by atoms with E-state index in [1.54, 1.807) is 9.80 Å². The number of carbonyl (C=O) groups excluding carboxylic acids is 4. The van der Waals surface area contributed by atoms with E-state index in [1.807, 2.05) is 34.6 Å². The summed E-state index contributed by atoms with van der Waals surface area (Å²) in [5.41, 5.74) is -0.289. The Morgan fingerprint density at radius 2 is 1.44 bits per heavy atom. The Morgan fingerprint density at radius 3 is 1.85 bits per heavy atom. The smallest absolute Gasteiger partial charge is 0.225 e. The average molecular weight is 380 g/mol. The fourth-order valence-electron chi connectivity index (χ4n) is 3.60. The summed E-state index contributed by atoms with van der Waals surface area (Å²) in [6.45, 7) is 11.2. The van der Waals surface area contributed by atoms with Crippen LogP contribution in [0.5, 0.6) is 0 Å². The number of nitrogens with one attached hydrogen (secondary N) is 2. The molecule has 2 N–H and O–H groups in total. The van der Waals surface area contributed by atoms with Gasteiger partial charge in [-0.1, -0.05) is 0 Å². The molecule has 0 radical (unpaired) electrons. The molecule has 2 saturated heterocycles. The lowest BCUT2D eigenvalue weighted by Gasteiger charge is -2.31. The monoisotopic (exact) mass is 380 g/mol. The highest BCUT2D eigenvalue weighted by molar-refractivity contribution is 5.90. The number of likely N-dealkylation sites (tertiary alicyclic amines) is 2. The molecule has 0 aromatic heterocycles. The van der Waals surface area contributed by atoms with Crippen LogP contribution in [-0.4, -0.2) is 71.2 Å². The zero-order valence-electron chi connectivity index (χ0n) is 17.0. The number of hydrogen-bond acceptors (Lipinski definition) is 4. The third-order valence-corrected chi connectivity index (χ3v) is 5.18. The first-order chi connectivity index (χ1) is 12.5. The Labute approximate surface area is 161 Å². The molecule has 2 heterocycles. The van der Waals surface area contributed by atoms with Gasteiger partial charge in [0.15, 0.2) is 0 Å². The van der Waals surface area contributed by atoms with Crippen molar-refractivity contribution in [2.24, 2.45) is 11.8 Å². The summed E-state index contributed by atoms with van der Waals surface area (Å²) < 4.78 is 0. The summed E-state index contributed by atoms with van der Waals surface area (Å²) in [6, 6.07) is 0.0939. The summed E-state index contributed by atoms with van der Waals surface area (Å²) in [6.07, 6.45) is 0.466. The molecule has 0 bridgehead atoms. The van der Waals surface area contributed by atoms with Crippen molar-refractivity contribution in [3.63, 3.8) is 0 Å². The van der Waals surface area contributed by atoms with E-state index in [-0.39, 0.29) is 59.9 Å². The molecule has 0 saturated carbocycles. The number of carbonyl (C=O) groups is 4. The van der Waals surface area contributed by atoms with E-state index in [0.29, 0.717) is 26.2 Å². The quantitative estimate of drug-likeness (QED) is 0.640. The molecule has 0 aliphatic carbocycles. The molecule has 4 amide bonds. The van der Waals surface area contributed by atoms with Crippen LogP contribution in [0.1, 0.15) is 47.5 Å². The Balaban J connectivity index is 1.70. The second-order valence-corrected chi connectivity index (χ2v) is 8.70. The zero-order valence-corrected chi connectivity index (χ0v) is 17.0. The van der Waals surface area contributed by atoms with E-state index in [4.69, 9.17) is 0 Å². The normalized spacial score (nSPS) is 23.3. The fourth-order valence-corrected chi connectivity index (χ4v) is 3.60. The first kappa shape index (κ1) is 21.2. The van der Waals surface area contributed by atoms with Gasteiger partial charge in [0.1, 0.15) is 0 Å². The lowest BCUT2D eigenvalue weighted by molar-refractivity contribution is -0.132. The third kappa shape index (κ3) is 5.20. The topological polar surface area (TPSA) is 98.8 Å². The van der Waals surface area contributed by atoms with Crippen LogP contribution in [0.2, 0.25) is 0 Å². The van der Waals surface area contributed by atoms with Gasteiger partial charge >= 0.3 is 0 Å².